The molecule has 4 nitrogen and oxygen atoms in total. The lowest BCUT2D eigenvalue weighted by molar-refractivity contribution is -0.119. The molecule has 16 heavy (non-hydrogen) atoms. The van der Waals surface area contributed by atoms with Gasteiger partial charge in [-0.2, -0.15) is 0 Å². The monoisotopic (exact) mass is 336 g/mol. The number of nitrogens with one attached hydrogen (secondary N) is 1. The summed E-state index contributed by atoms with van der Waals surface area (Å²) in [5.74, 6) is -0.248. The number of rotatable bonds is 2. The molecule has 1 N–H and O–H groups in total. The van der Waals surface area contributed by atoms with Crippen molar-refractivity contribution in [2.45, 2.75) is 6.42 Å². The lowest BCUT2D eigenvalue weighted by Gasteiger charge is -2.09. The van der Waals surface area contributed by atoms with Crippen LogP contribution in [0.25, 0.3) is 0 Å². The summed E-state index contributed by atoms with van der Waals surface area (Å²) in [6.45, 7) is 1.07. The van der Waals surface area contributed by atoms with Gasteiger partial charge in [-0.3, -0.25) is 4.79 Å². The van der Waals surface area contributed by atoms with Crippen molar-refractivity contribution in [2.75, 3.05) is 18.5 Å². The SMILES string of the molecule is O=C(Nc1ncc(F)cc1I)C1CCOC1. The highest BCUT2D eigenvalue weighted by molar-refractivity contribution is 14.1. The predicted molar refractivity (Wildman–Crippen MR) is 64.5 cm³/mol. The lowest BCUT2D eigenvalue weighted by atomic mass is 10.1. The highest BCUT2D eigenvalue weighted by Crippen LogP contribution is 2.19. The molecule has 1 aromatic rings. The Morgan fingerprint density at radius 3 is 3.12 bits per heavy atom. The van der Waals surface area contributed by atoms with Crippen molar-refractivity contribution in [1.29, 1.82) is 0 Å². The van der Waals surface area contributed by atoms with Crippen molar-refractivity contribution in [1.82, 2.24) is 4.98 Å². The first-order valence-electron chi connectivity index (χ1n) is 4.86. The Balaban J connectivity index is 2.05. The molecule has 0 radical (unpaired) electrons. The van der Waals surface area contributed by atoms with E-state index in [2.05, 4.69) is 10.3 Å². The summed E-state index contributed by atoms with van der Waals surface area (Å²) in [6, 6.07) is 1.33. The summed E-state index contributed by atoms with van der Waals surface area (Å²) >= 11 is 1.93. The molecular formula is C10H10FIN2O2. The zero-order chi connectivity index (χ0) is 11.5. The molecule has 1 fully saturated rings. The van der Waals surface area contributed by atoms with Gasteiger partial charge in [0.05, 0.1) is 22.3 Å². The molecule has 0 saturated carbocycles. The number of halogens is 2. The number of hydrogen-bond donors (Lipinski definition) is 1. The fourth-order valence-corrected chi connectivity index (χ4v) is 2.04. The molecule has 6 heteroatoms. The molecule has 1 aliphatic rings. The summed E-state index contributed by atoms with van der Waals surface area (Å²) < 4.78 is 18.5. The Morgan fingerprint density at radius 2 is 2.50 bits per heavy atom. The average molecular weight is 336 g/mol. The van der Waals surface area contributed by atoms with E-state index in [1.54, 1.807) is 0 Å². The van der Waals surface area contributed by atoms with Crippen molar-refractivity contribution >= 4 is 34.3 Å². The average Bonchev–Trinajstić information content (AvgIpc) is 2.75. The Bertz CT molecular complexity index is 408. The highest BCUT2D eigenvalue weighted by atomic mass is 127. The Labute approximate surface area is 106 Å². The first-order valence-corrected chi connectivity index (χ1v) is 5.94. The zero-order valence-electron chi connectivity index (χ0n) is 8.37. The van der Waals surface area contributed by atoms with Crippen LogP contribution < -0.4 is 5.32 Å². The van der Waals surface area contributed by atoms with E-state index in [1.807, 2.05) is 22.6 Å². The maximum absolute atomic E-state index is 12.8. The predicted octanol–water partition coefficient (Wildman–Crippen LogP) is 1.80. The summed E-state index contributed by atoms with van der Waals surface area (Å²) in [7, 11) is 0. The Morgan fingerprint density at radius 1 is 1.69 bits per heavy atom. The molecule has 1 atom stereocenters. The van der Waals surface area contributed by atoms with Gasteiger partial charge in [-0.15, -0.1) is 0 Å². The van der Waals surface area contributed by atoms with Gasteiger partial charge in [-0.05, 0) is 35.1 Å². The minimum absolute atomic E-state index is 0.116. The van der Waals surface area contributed by atoms with E-state index in [4.69, 9.17) is 4.74 Å². The Hall–Kier alpha value is -0.760. The molecule has 1 aromatic heterocycles. The lowest BCUT2D eigenvalue weighted by Crippen LogP contribution is -2.23. The minimum atomic E-state index is -0.411. The highest BCUT2D eigenvalue weighted by Gasteiger charge is 2.24. The molecule has 0 bridgehead atoms. The second kappa shape index (κ2) is 5.05. The number of nitrogens with zero attached hydrogens (tertiary/aromatic N) is 1. The van der Waals surface area contributed by atoms with Gasteiger partial charge < -0.3 is 10.1 Å². The molecular weight excluding hydrogens is 326 g/mol. The first kappa shape index (κ1) is 11.7. The smallest absolute Gasteiger partial charge is 0.231 e. The maximum atomic E-state index is 12.8. The summed E-state index contributed by atoms with van der Waals surface area (Å²) in [6.07, 6.45) is 1.81. The minimum Gasteiger partial charge on any atom is -0.381 e. The quantitative estimate of drug-likeness (QED) is 0.838. The van der Waals surface area contributed by atoms with E-state index >= 15 is 0 Å². The summed E-state index contributed by atoms with van der Waals surface area (Å²) in [5, 5.41) is 2.68. The molecule has 1 saturated heterocycles. The van der Waals surface area contributed by atoms with Crippen molar-refractivity contribution in [3.63, 3.8) is 0 Å². The number of aromatic nitrogens is 1. The van der Waals surface area contributed by atoms with Crippen molar-refractivity contribution < 1.29 is 13.9 Å². The van der Waals surface area contributed by atoms with Crippen LogP contribution in [0.3, 0.4) is 0 Å². The second-order valence-corrected chi connectivity index (χ2v) is 4.70. The molecule has 86 valence electrons. The normalized spacial score (nSPS) is 19.8. The van der Waals surface area contributed by atoms with Crippen LogP contribution in [0.1, 0.15) is 6.42 Å². The summed E-state index contributed by atoms with van der Waals surface area (Å²) in [4.78, 5) is 15.6. The number of ether oxygens (including phenoxy) is 1. The molecule has 2 heterocycles. The molecule has 0 aromatic carbocycles. The number of carbonyl (C=O) groups is 1. The number of amides is 1. The van der Waals surface area contributed by atoms with Gasteiger partial charge in [0.1, 0.15) is 11.6 Å². The van der Waals surface area contributed by atoms with E-state index in [-0.39, 0.29) is 11.8 Å². The number of hydrogen-bond acceptors (Lipinski definition) is 3. The zero-order valence-corrected chi connectivity index (χ0v) is 10.5. The van der Waals surface area contributed by atoms with Gasteiger partial charge in [0.2, 0.25) is 5.91 Å². The van der Waals surface area contributed by atoms with Gasteiger partial charge in [-0.25, -0.2) is 9.37 Å². The third-order valence-corrected chi connectivity index (χ3v) is 3.17. The fraction of sp³-hybridized carbons (Fsp3) is 0.400. The van der Waals surface area contributed by atoms with Crippen LogP contribution in [0.2, 0.25) is 0 Å². The maximum Gasteiger partial charge on any atom is 0.231 e. The van der Waals surface area contributed by atoms with E-state index in [9.17, 15) is 9.18 Å². The third kappa shape index (κ3) is 2.67. The van der Waals surface area contributed by atoms with Crippen LogP contribution in [-0.2, 0) is 9.53 Å². The van der Waals surface area contributed by atoms with Gasteiger partial charge in [0.25, 0.3) is 0 Å². The van der Waals surface area contributed by atoms with Crippen molar-refractivity contribution in [3.8, 4) is 0 Å². The van der Waals surface area contributed by atoms with Crippen LogP contribution in [0.4, 0.5) is 10.2 Å². The number of anilines is 1. The first-order chi connectivity index (χ1) is 7.66. The number of pyridine rings is 1. The topological polar surface area (TPSA) is 51.2 Å². The Kier molecular flexibility index (Phi) is 3.70. The molecule has 0 spiro atoms. The van der Waals surface area contributed by atoms with Gasteiger partial charge >= 0.3 is 0 Å². The molecule has 0 aliphatic carbocycles. The van der Waals surface area contributed by atoms with Crippen LogP contribution in [-0.4, -0.2) is 24.1 Å². The van der Waals surface area contributed by atoms with E-state index in [0.29, 0.717) is 22.6 Å². The molecule has 1 amide bonds. The van der Waals surface area contributed by atoms with Gasteiger partial charge in [0.15, 0.2) is 0 Å². The van der Waals surface area contributed by atoms with E-state index in [1.165, 1.54) is 6.07 Å². The standard InChI is InChI=1S/C10H10FIN2O2/c11-7-3-8(12)9(13-4-7)14-10(15)6-1-2-16-5-6/h3-4,6H,1-2,5H2,(H,13,14,15). The molecule has 1 unspecified atom stereocenters. The largest absolute Gasteiger partial charge is 0.381 e. The van der Waals surface area contributed by atoms with Crippen molar-refractivity contribution in [2.24, 2.45) is 5.92 Å². The van der Waals surface area contributed by atoms with Gasteiger partial charge in [-0.1, -0.05) is 0 Å². The summed E-state index contributed by atoms with van der Waals surface area (Å²) in [5.41, 5.74) is 0. The van der Waals surface area contributed by atoms with E-state index in [0.717, 1.165) is 12.6 Å². The van der Waals surface area contributed by atoms with Crippen LogP contribution >= 0.6 is 22.6 Å². The fourth-order valence-electron chi connectivity index (χ4n) is 1.47. The van der Waals surface area contributed by atoms with Gasteiger partial charge in [0, 0.05) is 6.61 Å². The molecule has 1 aliphatic heterocycles. The third-order valence-electron chi connectivity index (χ3n) is 2.35. The van der Waals surface area contributed by atoms with Crippen LogP contribution in [0, 0.1) is 15.3 Å². The number of carbonyl (C=O) groups excluding carboxylic acids is 1. The van der Waals surface area contributed by atoms with Crippen molar-refractivity contribution in [3.05, 3.63) is 21.7 Å². The van der Waals surface area contributed by atoms with Crippen LogP contribution in [0.15, 0.2) is 12.3 Å². The van der Waals surface area contributed by atoms with E-state index < -0.39 is 5.82 Å². The molecule has 2 rings (SSSR count). The second-order valence-electron chi connectivity index (χ2n) is 3.53. The van der Waals surface area contributed by atoms with Crippen LogP contribution in [0.5, 0.6) is 0 Å².